The number of hydrogen-bond donors (Lipinski definition) is 2. The summed E-state index contributed by atoms with van der Waals surface area (Å²) in [7, 11) is 2.10. The fourth-order valence-electron chi connectivity index (χ4n) is 2.71. The van der Waals surface area contributed by atoms with Gasteiger partial charge in [0.05, 0.1) is 5.69 Å². The van der Waals surface area contributed by atoms with Gasteiger partial charge in [-0.3, -0.25) is 5.32 Å². The molecule has 0 spiro atoms. The number of carbonyl (C=O) groups excluding carboxylic acids is 1. The summed E-state index contributed by atoms with van der Waals surface area (Å²) in [6, 6.07) is 8.16. The molecule has 0 saturated heterocycles. The largest absolute Gasteiger partial charge is 0.337 e. The lowest BCUT2D eigenvalue weighted by atomic mass is 10.1. The van der Waals surface area contributed by atoms with Crippen molar-refractivity contribution < 1.29 is 4.79 Å². The van der Waals surface area contributed by atoms with E-state index >= 15 is 0 Å². The Bertz CT molecular complexity index is 698. The number of rotatable bonds is 4. The summed E-state index contributed by atoms with van der Waals surface area (Å²) in [6.07, 6.45) is 1.78. The highest BCUT2D eigenvalue weighted by Crippen LogP contribution is 2.27. The fraction of sp³-hybridized carbons (Fsp3) is 0.412. The minimum atomic E-state index is -0.183. The number of nitrogens with one attached hydrogen (secondary N) is 2. The maximum Gasteiger partial charge on any atom is 0.321 e. The van der Waals surface area contributed by atoms with Crippen LogP contribution in [0.2, 0.25) is 0 Å². The van der Waals surface area contributed by atoms with Crippen molar-refractivity contribution in [1.29, 1.82) is 0 Å². The molecule has 0 unspecified atom stereocenters. The predicted molar refractivity (Wildman–Crippen MR) is 94.1 cm³/mol. The highest BCUT2D eigenvalue weighted by molar-refractivity contribution is 7.15. The van der Waals surface area contributed by atoms with E-state index in [0.717, 1.165) is 31.6 Å². The second kappa shape index (κ2) is 7.10. The minimum Gasteiger partial charge on any atom is -0.337 e. The average Bonchev–Trinajstić information content (AvgIpc) is 2.88. The van der Waals surface area contributed by atoms with Gasteiger partial charge in [0.2, 0.25) is 0 Å². The summed E-state index contributed by atoms with van der Waals surface area (Å²) in [5.41, 5.74) is 3.60. The zero-order chi connectivity index (χ0) is 16.2. The van der Waals surface area contributed by atoms with Crippen LogP contribution < -0.4 is 10.6 Å². The third-order valence-electron chi connectivity index (χ3n) is 3.92. The van der Waals surface area contributed by atoms with Crippen molar-refractivity contribution >= 4 is 22.5 Å². The number of carbonyl (C=O) groups is 1. The van der Waals surface area contributed by atoms with Gasteiger partial charge in [0.25, 0.3) is 0 Å². The van der Waals surface area contributed by atoms with Gasteiger partial charge in [-0.25, -0.2) is 9.78 Å². The highest BCUT2D eigenvalue weighted by Gasteiger charge is 2.18. The number of urea groups is 1. The standard InChI is InChI=1S/C17H22N4OS/c1-12-4-3-5-13(10-12)6-8-18-16(22)20-17-19-14-7-9-21(2)11-15(14)23-17/h3-5,10H,6-9,11H2,1-2H3,(H2,18,19,20,22). The van der Waals surface area contributed by atoms with E-state index in [2.05, 4.69) is 52.7 Å². The molecule has 0 aliphatic carbocycles. The molecule has 2 aromatic rings. The van der Waals surface area contributed by atoms with Crippen molar-refractivity contribution in [2.24, 2.45) is 0 Å². The maximum absolute atomic E-state index is 12.0. The zero-order valence-corrected chi connectivity index (χ0v) is 14.4. The Morgan fingerprint density at radius 3 is 3.13 bits per heavy atom. The van der Waals surface area contributed by atoms with Gasteiger partial charge in [-0.2, -0.15) is 0 Å². The molecule has 3 rings (SSSR count). The van der Waals surface area contributed by atoms with Crippen LogP contribution in [0, 0.1) is 6.92 Å². The number of aromatic nitrogens is 1. The number of fused-ring (bicyclic) bond motifs is 1. The topological polar surface area (TPSA) is 57.3 Å². The molecule has 0 atom stereocenters. The van der Waals surface area contributed by atoms with Crippen LogP contribution in [-0.2, 0) is 19.4 Å². The Labute approximate surface area is 140 Å². The van der Waals surface area contributed by atoms with E-state index in [1.165, 1.54) is 16.0 Å². The molecule has 5 nitrogen and oxygen atoms in total. The van der Waals surface area contributed by atoms with Gasteiger partial charge in [-0.05, 0) is 26.0 Å². The molecule has 1 aromatic carbocycles. The van der Waals surface area contributed by atoms with Crippen molar-refractivity contribution in [2.45, 2.75) is 26.3 Å². The molecule has 0 saturated carbocycles. The van der Waals surface area contributed by atoms with Crippen LogP contribution in [0.4, 0.5) is 9.93 Å². The van der Waals surface area contributed by atoms with E-state index in [1.807, 2.05) is 6.07 Å². The lowest BCUT2D eigenvalue weighted by molar-refractivity contribution is 0.252. The van der Waals surface area contributed by atoms with E-state index in [-0.39, 0.29) is 6.03 Å². The van der Waals surface area contributed by atoms with Gasteiger partial charge < -0.3 is 10.2 Å². The van der Waals surface area contributed by atoms with E-state index in [9.17, 15) is 4.79 Å². The van der Waals surface area contributed by atoms with Crippen LogP contribution in [0.3, 0.4) is 0 Å². The Morgan fingerprint density at radius 2 is 2.30 bits per heavy atom. The van der Waals surface area contributed by atoms with Crippen molar-refractivity contribution in [1.82, 2.24) is 15.2 Å². The molecular formula is C17H22N4OS. The molecule has 0 radical (unpaired) electrons. The van der Waals surface area contributed by atoms with Crippen molar-refractivity contribution in [3.63, 3.8) is 0 Å². The summed E-state index contributed by atoms with van der Waals surface area (Å²) in [4.78, 5) is 20.0. The molecule has 1 aliphatic rings. The third kappa shape index (κ3) is 4.30. The van der Waals surface area contributed by atoms with Crippen LogP contribution in [0.15, 0.2) is 24.3 Å². The van der Waals surface area contributed by atoms with Crippen LogP contribution in [0.1, 0.15) is 21.7 Å². The first-order valence-electron chi connectivity index (χ1n) is 7.87. The first-order chi connectivity index (χ1) is 11.1. The van der Waals surface area contributed by atoms with E-state index in [0.29, 0.717) is 11.7 Å². The fourth-order valence-corrected chi connectivity index (χ4v) is 3.79. The number of benzene rings is 1. The molecule has 23 heavy (non-hydrogen) atoms. The molecule has 0 fully saturated rings. The SMILES string of the molecule is Cc1cccc(CCNC(=O)Nc2nc3c(s2)CN(C)CC3)c1. The molecule has 1 aliphatic heterocycles. The van der Waals surface area contributed by atoms with Gasteiger partial charge >= 0.3 is 6.03 Å². The highest BCUT2D eigenvalue weighted by atomic mass is 32.1. The molecule has 2 N–H and O–H groups in total. The van der Waals surface area contributed by atoms with Gasteiger partial charge in [-0.15, -0.1) is 11.3 Å². The number of amides is 2. The van der Waals surface area contributed by atoms with Gasteiger partial charge in [-0.1, -0.05) is 29.8 Å². The second-order valence-electron chi connectivity index (χ2n) is 6.00. The lowest BCUT2D eigenvalue weighted by Gasteiger charge is -2.20. The second-order valence-corrected chi connectivity index (χ2v) is 7.08. The molecule has 0 bridgehead atoms. The van der Waals surface area contributed by atoms with Crippen molar-refractivity contribution in [2.75, 3.05) is 25.5 Å². The Balaban J connectivity index is 1.48. The summed E-state index contributed by atoms with van der Waals surface area (Å²) in [5.74, 6) is 0. The molecular weight excluding hydrogens is 308 g/mol. The molecule has 2 heterocycles. The average molecular weight is 330 g/mol. The summed E-state index contributed by atoms with van der Waals surface area (Å²) in [6.45, 7) is 4.64. The van der Waals surface area contributed by atoms with E-state index in [4.69, 9.17) is 0 Å². The smallest absolute Gasteiger partial charge is 0.321 e. The van der Waals surface area contributed by atoms with E-state index in [1.54, 1.807) is 11.3 Å². The van der Waals surface area contributed by atoms with Crippen molar-refractivity contribution in [3.05, 3.63) is 46.0 Å². The van der Waals surface area contributed by atoms with Crippen LogP contribution in [0.5, 0.6) is 0 Å². The summed E-state index contributed by atoms with van der Waals surface area (Å²) >= 11 is 1.57. The zero-order valence-electron chi connectivity index (χ0n) is 13.6. The van der Waals surface area contributed by atoms with Crippen LogP contribution in [0.25, 0.3) is 0 Å². The Hall–Kier alpha value is -1.92. The number of anilines is 1. The summed E-state index contributed by atoms with van der Waals surface area (Å²) < 4.78 is 0. The summed E-state index contributed by atoms with van der Waals surface area (Å²) in [5, 5.41) is 6.44. The lowest BCUT2D eigenvalue weighted by Crippen LogP contribution is -2.30. The number of hydrogen-bond acceptors (Lipinski definition) is 4. The maximum atomic E-state index is 12.0. The number of aryl methyl sites for hydroxylation is 1. The first-order valence-corrected chi connectivity index (χ1v) is 8.69. The number of thiazole rings is 1. The number of nitrogens with zero attached hydrogens (tertiary/aromatic N) is 2. The quantitative estimate of drug-likeness (QED) is 0.906. The monoisotopic (exact) mass is 330 g/mol. The van der Waals surface area contributed by atoms with Crippen molar-refractivity contribution in [3.8, 4) is 0 Å². The Morgan fingerprint density at radius 1 is 1.43 bits per heavy atom. The normalized spacial score (nSPS) is 14.3. The van der Waals surface area contributed by atoms with Gasteiger partial charge in [0, 0.05) is 30.9 Å². The van der Waals surface area contributed by atoms with Crippen LogP contribution in [-0.4, -0.2) is 36.1 Å². The predicted octanol–water partition coefficient (Wildman–Crippen LogP) is 2.80. The molecule has 122 valence electrons. The van der Waals surface area contributed by atoms with Gasteiger partial charge in [0.15, 0.2) is 5.13 Å². The Kier molecular flexibility index (Phi) is 4.93. The molecule has 2 amide bonds. The molecule has 6 heteroatoms. The first kappa shape index (κ1) is 16.0. The van der Waals surface area contributed by atoms with Crippen LogP contribution >= 0.6 is 11.3 Å². The third-order valence-corrected chi connectivity index (χ3v) is 4.92. The number of likely N-dealkylation sites (N-methyl/N-ethyl adjacent to an activating group) is 1. The molecule has 1 aromatic heterocycles. The van der Waals surface area contributed by atoms with Gasteiger partial charge in [0.1, 0.15) is 0 Å². The minimum absolute atomic E-state index is 0.183. The van der Waals surface area contributed by atoms with E-state index < -0.39 is 0 Å².